The standard InChI is InChI=1S/C15H19NO/c1-14(2)9-15(14,10-17)13-8-11-6-4-5-7-12(11)16(13)3/h4-8,17H,9-10H2,1-3H3. The van der Waals surface area contributed by atoms with Crippen LogP contribution in [-0.2, 0) is 12.5 Å². The van der Waals surface area contributed by atoms with Crippen LogP contribution in [0.2, 0.25) is 0 Å². The molecule has 0 bridgehead atoms. The summed E-state index contributed by atoms with van der Waals surface area (Å²) in [5, 5.41) is 11.0. The molecule has 1 unspecified atom stereocenters. The molecule has 1 aromatic heterocycles. The van der Waals surface area contributed by atoms with Crippen LogP contribution in [0.15, 0.2) is 30.3 Å². The lowest BCUT2D eigenvalue weighted by molar-refractivity contribution is 0.226. The summed E-state index contributed by atoms with van der Waals surface area (Å²) in [5.74, 6) is 0. The van der Waals surface area contributed by atoms with Crippen molar-refractivity contribution in [3.8, 4) is 0 Å². The second-order valence-electron chi connectivity index (χ2n) is 5.95. The number of rotatable bonds is 2. The molecule has 1 heterocycles. The van der Waals surface area contributed by atoms with Gasteiger partial charge in [-0.2, -0.15) is 0 Å². The summed E-state index contributed by atoms with van der Waals surface area (Å²) in [6, 6.07) is 10.6. The summed E-state index contributed by atoms with van der Waals surface area (Å²) in [4.78, 5) is 0. The van der Waals surface area contributed by atoms with Crippen LogP contribution in [0.1, 0.15) is 26.0 Å². The third kappa shape index (κ3) is 1.25. The quantitative estimate of drug-likeness (QED) is 0.841. The van der Waals surface area contributed by atoms with E-state index >= 15 is 0 Å². The summed E-state index contributed by atoms with van der Waals surface area (Å²) in [7, 11) is 2.10. The van der Waals surface area contributed by atoms with Gasteiger partial charge in [-0.05, 0) is 29.4 Å². The molecule has 0 saturated heterocycles. The maximum Gasteiger partial charge on any atom is 0.0547 e. The highest BCUT2D eigenvalue weighted by molar-refractivity contribution is 5.82. The Hall–Kier alpha value is -1.28. The van der Waals surface area contributed by atoms with Crippen molar-refractivity contribution in [1.29, 1.82) is 0 Å². The molecule has 17 heavy (non-hydrogen) atoms. The van der Waals surface area contributed by atoms with Crippen molar-refractivity contribution in [3.63, 3.8) is 0 Å². The second-order valence-corrected chi connectivity index (χ2v) is 5.95. The van der Waals surface area contributed by atoms with Crippen LogP contribution in [0.3, 0.4) is 0 Å². The van der Waals surface area contributed by atoms with Crippen molar-refractivity contribution in [1.82, 2.24) is 4.57 Å². The number of aromatic nitrogens is 1. The van der Waals surface area contributed by atoms with Gasteiger partial charge >= 0.3 is 0 Å². The van der Waals surface area contributed by atoms with Crippen molar-refractivity contribution in [3.05, 3.63) is 36.0 Å². The lowest BCUT2D eigenvalue weighted by Crippen LogP contribution is -2.22. The van der Waals surface area contributed by atoms with Crippen LogP contribution < -0.4 is 0 Å². The largest absolute Gasteiger partial charge is 0.395 e. The molecule has 1 saturated carbocycles. The van der Waals surface area contributed by atoms with Crippen LogP contribution in [-0.4, -0.2) is 16.3 Å². The molecule has 0 spiro atoms. The SMILES string of the molecule is Cn1c(C2(CO)CC2(C)C)cc2ccccc21. The number of aryl methyl sites for hydroxylation is 1. The summed E-state index contributed by atoms with van der Waals surface area (Å²) < 4.78 is 2.24. The Morgan fingerprint density at radius 2 is 1.94 bits per heavy atom. The lowest BCUT2D eigenvalue weighted by atomic mass is 9.93. The minimum absolute atomic E-state index is 0.0409. The van der Waals surface area contributed by atoms with E-state index in [0.29, 0.717) is 0 Å². The van der Waals surface area contributed by atoms with Gasteiger partial charge in [-0.1, -0.05) is 32.0 Å². The van der Waals surface area contributed by atoms with Gasteiger partial charge in [0.25, 0.3) is 0 Å². The van der Waals surface area contributed by atoms with Gasteiger partial charge in [-0.15, -0.1) is 0 Å². The van der Waals surface area contributed by atoms with Crippen LogP contribution in [0.25, 0.3) is 10.9 Å². The molecule has 1 aromatic carbocycles. The average molecular weight is 229 g/mol. The summed E-state index contributed by atoms with van der Waals surface area (Å²) in [6.45, 7) is 4.71. The number of aliphatic hydroxyl groups excluding tert-OH is 1. The Labute approximate surface area is 102 Å². The Bertz CT molecular complexity index is 582. The molecule has 0 amide bonds. The topological polar surface area (TPSA) is 25.2 Å². The van der Waals surface area contributed by atoms with E-state index in [-0.39, 0.29) is 17.4 Å². The zero-order valence-corrected chi connectivity index (χ0v) is 10.7. The molecule has 1 atom stereocenters. The fraction of sp³-hybridized carbons (Fsp3) is 0.467. The number of fused-ring (bicyclic) bond motifs is 1. The van der Waals surface area contributed by atoms with Crippen molar-refractivity contribution in [2.75, 3.05) is 6.61 Å². The Balaban J connectivity index is 2.22. The zero-order valence-electron chi connectivity index (χ0n) is 10.7. The monoisotopic (exact) mass is 229 g/mol. The molecule has 1 N–H and O–H groups in total. The van der Waals surface area contributed by atoms with Gasteiger partial charge in [-0.25, -0.2) is 0 Å². The highest BCUT2D eigenvalue weighted by Crippen LogP contribution is 2.64. The first-order chi connectivity index (χ1) is 8.02. The number of aliphatic hydroxyl groups is 1. The molecule has 0 radical (unpaired) electrons. The molecule has 3 rings (SSSR count). The number of hydrogen-bond donors (Lipinski definition) is 1. The molecule has 2 aromatic rings. The second kappa shape index (κ2) is 3.14. The van der Waals surface area contributed by atoms with Gasteiger partial charge in [0.15, 0.2) is 0 Å². The first-order valence-corrected chi connectivity index (χ1v) is 6.18. The molecule has 0 aliphatic heterocycles. The van der Waals surface area contributed by atoms with E-state index in [2.05, 4.69) is 55.8 Å². The van der Waals surface area contributed by atoms with Crippen LogP contribution in [0.5, 0.6) is 0 Å². The molecule has 2 nitrogen and oxygen atoms in total. The number of benzene rings is 1. The Kier molecular flexibility index (Phi) is 2.00. The summed E-state index contributed by atoms with van der Waals surface area (Å²) in [6.07, 6.45) is 1.07. The molecule has 1 aliphatic rings. The van der Waals surface area contributed by atoms with E-state index in [0.717, 1.165) is 6.42 Å². The number of para-hydroxylation sites is 1. The minimum Gasteiger partial charge on any atom is -0.395 e. The summed E-state index contributed by atoms with van der Waals surface area (Å²) in [5.41, 5.74) is 2.69. The predicted molar refractivity (Wildman–Crippen MR) is 70.1 cm³/mol. The summed E-state index contributed by atoms with van der Waals surface area (Å²) >= 11 is 0. The van der Waals surface area contributed by atoms with E-state index in [1.807, 2.05) is 0 Å². The van der Waals surface area contributed by atoms with E-state index in [1.165, 1.54) is 16.6 Å². The van der Waals surface area contributed by atoms with Gasteiger partial charge in [0.05, 0.1) is 6.61 Å². The van der Waals surface area contributed by atoms with E-state index in [1.54, 1.807) is 0 Å². The fourth-order valence-electron chi connectivity index (χ4n) is 3.25. The molecule has 2 heteroatoms. The van der Waals surface area contributed by atoms with Crippen molar-refractivity contribution in [2.45, 2.75) is 25.7 Å². The highest BCUT2D eigenvalue weighted by atomic mass is 16.3. The van der Waals surface area contributed by atoms with E-state index in [9.17, 15) is 5.11 Å². The van der Waals surface area contributed by atoms with Crippen molar-refractivity contribution in [2.24, 2.45) is 12.5 Å². The molecule has 1 fully saturated rings. The van der Waals surface area contributed by atoms with Gasteiger partial charge in [0.2, 0.25) is 0 Å². The van der Waals surface area contributed by atoms with Gasteiger partial charge < -0.3 is 9.67 Å². The minimum atomic E-state index is -0.0409. The van der Waals surface area contributed by atoms with E-state index < -0.39 is 0 Å². The molecule has 1 aliphatic carbocycles. The molecular formula is C15H19NO. The lowest BCUT2D eigenvalue weighted by Gasteiger charge is -2.19. The van der Waals surface area contributed by atoms with Crippen LogP contribution >= 0.6 is 0 Å². The number of hydrogen-bond acceptors (Lipinski definition) is 1. The third-order valence-corrected chi connectivity index (χ3v) is 4.63. The van der Waals surface area contributed by atoms with E-state index in [4.69, 9.17) is 0 Å². The van der Waals surface area contributed by atoms with Gasteiger partial charge in [0, 0.05) is 23.7 Å². The van der Waals surface area contributed by atoms with Crippen molar-refractivity contribution < 1.29 is 5.11 Å². The zero-order chi connectivity index (χ0) is 12.3. The average Bonchev–Trinajstić information content (AvgIpc) is 2.72. The smallest absolute Gasteiger partial charge is 0.0547 e. The molecule has 90 valence electrons. The normalized spacial score (nSPS) is 26.4. The van der Waals surface area contributed by atoms with Gasteiger partial charge in [0.1, 0.15) is 0 Å². The number of nitrogens with zero attached hydrogens (tertiary/aromatic N) is 1. The van der Waals surface area contributed by atoms with Gasteiger partial charge in [-0.3, -0.25) is 0 Å². The molecular weight excluding hydrogens is 210 g/mol. The van der Waals surface area contributed by atoms with Crippen molar-refractivity contribution >= 4 is 10.9 Å². The predicted octanol–water partition coefficient (Wildman–Crippen LogP) is 2.84. The highest BCUT2D eigenvalue weighted by Gasteiger charge is 2.62. The Morgan fingerprint density at radius 1 is 1.29 bits per heavy atom. The Morgan fingerprint density at radius 3 is 2.47 bits per heavy atom. The first-order valence-electron chi connectivity index (χ1n) is 6.18. The van der Waals surface area contributed by atoms with Crippen LogP contribution in [0.4, 0.5) is 0 Å². The first kappa shape index (κ1) is 10.8. The maximum atomic E-state index is 9.78. The third-order valence-electron chi connectivity index (χ3n) is 4.63. The fourth-order valence-corrected chi connectivity index (χ4v) is 3.25. The maximum absolute atomic E-state index is 9.78. The van der Waals surface area contributed by atoms with Crippen LogP contribution in [0, 0.1) is 5.41 Å².